The molecule has 164 valence electrons. The Balaban J connectivity index is 1.27. The highest BCUT2D eigenvalue weighted by molar-refractivity contribution is 5.88. The lowest BCUT2D eigenvalue weighted by molar-refractivity contribution is -0.140. The molecule has 0 radical (unpaired) electrons. The van der Waals surface area contributed by atoms with Gasteiger partial charge in [0.05, 0.1) is 25.2 Å². The van der Waals surface area contributed by atoms with Crippen molar-refractivity contribution < 1.29 is 14.3 Å². The molecule has 7 nitrogen and oxygen atoms in total. The van der Waals surface area contributed by atoms with E-state index in [1.165, 1.54) is 0 Å². The topological polar surface area (TPSA) is 74.8 Å². The summed E-state index contributed by atoms with van der Waals surface area (Å²) in [6.45, 7) is 3.91. The summed E-state index contributed by atoms with van der Waals surface area (Å²) in [5, 5.41) is 2.91. The van der Waals surface area contributed by atoms with Crippen molar-refractivity contribution in [2.24, 2.45) is 0 Å². The van der Waals surface area contributed by atoms with Crippen LogP contribution in [0.2, 0.25) is 0 Å². The molecular weight excluding hydrogens is 392 g/mol. The van der Waals surface area contributed by atoms with Gasteiger partial charge in [0.1, 0.15) is 0 Å². The number of hydrogen-bond donors (Lipinski definition) is 1. The van der Waals surface area contributed by atoms with Crippen molar-refractivity contribution in [1.82, 2.24) is 20.1 Å². The fourth-order valence-corrected chi connectivity index (χ4v) is 4.25. The molecule has 1 aromatic heterocycles. The number of amides is 2. The minimum Gasteiger partial charge on any atom is -0.373 e. The number of piperazine rings is 1. The zero-order valence-electron chi connectivity index (χ0n) is 17.8. The molecule has 0 unspecified atom stereocenters. The lowest BCUT2D eigenvalue weighted by atomic mass is 10.0. The molecule has 2 amide bonds. The molecule has 1 N–H and O–H groups in total. The van der Waals surface area contributed by atoms with Gasteiger partial charge in [-0.1, -0.05) is 36.4 Å². The normalized spacial score (nSPS) is 20.5. The minimum atomic E-state index is -0.437. The highest BCUT2D eigenvalue weighted by Crippen LogP contribution is 2.19. The Morgan fingerprint density at radius 3 is 2.58 bits per heavy atom. The third kappa shape index (κ3) is 5.89. The van der Waals surface area contributed by atoms with Crippen LogP contribution in [0.3, 0.4) is 0 Å². The van der Waals surface area contributed by atoms with Crippen molar-refractivity contribution in [3.63, 3.8) is 0 Å². The molecule has 7 heteroatoms. The van der Waals surface area contributed by atoms with Gasteiger partial charge in [0, 0.05) is 45.1 Å². The molecule has 0 spiro atoms. The lowest BCUT2D eigenvalue weighted by Gasteiger charge is -2.37. The van der Waals surface area contributed by atoms with E-state index in [0.29, 0.717) is 32.8 Å². The van der Waals surface area contributed by atoms with Crippen molar-refractivity contribution in [1.29, 1.82) is 0 Å². The van der Waals surface area contributed by atoms with Crippen LogP contribution in [0.5, 0.6) is 0 Å². The number of nitrogens with one attached hydrogen (secondary N) is 1. The largest absolute Gasteiger partial charge is 0.373 e. The van der Waals surface area contributed by atoms with E-state index in [1.54, 1.807) is 6.20 Å². The van der Waals surface area contributed by atoms with Gasteiger partial charge in [0.25, 0.3) is 0 Å². The van der Waals surface area contributed by atoms with Crippen LogP contribution in [0, 0.1) is 0 Å². The van der Waals surface area contributed by atoms with Crippen LogP contribution in [0.25, 0.3) is 0 Å². The molecule has 3 heterocycles. The molecule has 2 aromatic rings. The summed E-state index contributed by atoms with van der Waals surface area (Å²) in [6, 6.07) is 13.6. The van der Waals surface area contributed by atoms with Gasteiger partial charge < -0.3 is 15.0 Å². The predicted molar refractivity (Wildman–Crippen MR) is 117 cm³/mol. The Kier molecular flexibility index (Phi) is 7.27. The highest BCUT2D eigenvalue weighted by atomic mass is 16.5. The average molecular weight is 423 g/mol. The molecule has 2 saturated heterocycles. The van der Waals surface area contributed by atoms with Gasteiger partial charge in [0.15, 0.2) is 0 Å². The maximum Gasteiger partial charge on any atom is 0.237 e. The molecule has 2 fully saturated rings. The third-order valence-corrected chi connectivity index (χ3v) is 6.04. The summed E-state index contributed by atoms with van der Waals surface area (Å²) in [4.78, 5) is 33.6. The highest BCUT2D eigenvalue weighted by Gasteiger charge is 2.34. The molecule has 4 rings (SSSR count). The Hall–Kier alpha value is -2.77. The lowest BCUT2D eigenvalue weighted by Crippen LogP contribution is -2.56. The van der Waals surface area contributed by atoms with E-state index in [4.69, 9.17) is 4.74 Å². The van der Waals surface area contributed by atoms with Crippen molar-refractivity contribution >= 4 is 11.8 Å². The smallest absolute Gasteiger partial charge is 0.237 e. The Morgan fingerprint density at radius 1 is 1.06 bits per heavy atom. The van der Waals surface area contributed by atoms with Crippen LogP contribution in [0.4, 0.5) is 0 Å². The van der Waals surface area contributed by atoms with Gasteiger partial charge >= 0.3 is 0 Å². The minimum absolute atomic E-state index is 0.0414. The number of rotatable bonds is 7. The molecule has 0 aliphatic carbocycles. The maximum absolute atomic E-state index is 13.0. The van der Waals surface area contributed by atoms with Crippen LogP contribution < -0.4 is 5.32 Å². The second-order valence-corrected chi connectivity index (χ2v) is 8.22. The van der Waals surface area contributed by atoms with Crippen molar-refractivity contribution in [2.75, 3.05) is 26.2 Å². The first-order chi connectivity index (χ1) is 15.2. The third-order valence-electron chi connectivity index (χ3n) is 6.04. The van der Waals surface area contributed by atoms with Crippen LogP contribution in [0.1, 0.15) is 30.4 Å². The first-order valence-corrected chi connectivity index (χ1v) is 11.0. The second kappa shape index (κ2) is 10.5. The number of ether oxygens (including phenoxy) is 1. The van der Waals surface area contributed by atoms with Gasteiger partial charge in [-0.3, -0.25) is 19.5 Å². The van der Waals surface area contributed by atoms with E-state index in [2.05, 4.69) is 27.3 Å². The summed E-state index contributed by atoms with van der Waals surface area (Å²) >= 11 is 0. The summed E-state index contributed by atoms with van der Waals surface area (Å²) in [6.07, 6.45) is 5.58. The number of benzene rings is 1. The number of hydrogen-bond acceptors (Lipinski definition) is 5. The van der Waals surface area contributed by atoms with Crippen LogP contribution in [-0.4, -0.2) is 64.9 Å². The van der Waals surface area contributed by atoms with Crippen LogP contribution >= 0.6 is 0 Å². The summed E-state index contributed by atoms with van der Waals surface area (Å²) in [7, 11) is 0. The van der Waals surface area contributed by atoms with Crippen molar-refractivity contribution in [3.8, 4) is 0 Å². The van der Waals surface area contributed by atoms with E-state index >= 15 is 0 Å². The summed E-state index contributed by atoms with van der Waals surface area (Å²) in [5.41, 5.74) is 2.21. The van der Waals surface area contributed by atoms with Crippen LogP contribution in [0.15, 0.2) is 54.9 Å². The van der Waals surface area contributed by atoms with E-state index in [1.807, 2.05) is 41.4 Å². The Morgan fingerprint density at radius 2 is 1.84 bits per heavy atom. The zero-order chi connectivity index (χ0) is 21.5. The Labute approximate surface area is 183 Å². The maximum atomic E-state index is 13.0. The van der Waals surface area contributed by atoms with Gasteiger partial charge in [0.2, 0.25) is 11.8 Å². The molecule has 0 saturated carbocycles. The molecule has 2 aliphatic rings. The number of nitrogens with zero attached hydrogens (tertiary/aromatic N) is 3. The van der Waals surface area contributed by atoms with Crippen molar-refractivity contribution in [2.45, 2.75) is 44.6 Å². The van der Waals surface area contributed by atoms with Gasteiger partial charge in [-0.15, -0.1) is 0 Å². The summed E-state index contributed by atoms with van der Waals surface area (Å²) in [5.74, 6) is -0.0238. The standard InChI is InChI=1S/C24H30N4O3/c29-23(27-12-8-21(9-13-27)31-18-19-5-2-1-3-6-19)15-22-24(30)26-11-14-28(22)17-20-7-4-10-25-16-20/h1-7,10,16,21-22H,8-9,11-15,17-18H2,(H,26,30)/t22-/m1/s1. The molecule has 0 bridgehead atoms. The first kappa shape index (κ1) is 21.5. The van der Waals surface area contributed by atoms with Gasteiger partial charge in [-0.05, 0) is 30.0 Å². The number of piperidine rings is 1. The molecule has 1 atom stereocenters. The predicted octanol–water partition coefficient (Wildman–Crippen LogP) is 1.98. The summed E-state index contributed by atoms with van der Waals surface area (Å²) < 4.78 is 6.03. The zero-order valence-corrected chi connectivity index (χ0v) is 17.8. The molecule has 2 aliphatic heterocycles. The van der Waals surface area contributed by atoms with Gasteiger partial charge in [-0.25, -0.2) is 0 Å². The number of aromatic nitrogens is 1. The van der Waals surface area contributed by atoms with E-state index < -0.39 is 6.04 Å². The number of likely N-dealkylation sites (tertiary alicyclic amines) is 1. The fraction of sp³-hybridized carbons (Fsp3) is 0.458. The SMILES string of the molecule is O=C1NCCN(Cc2cccnc2)[C@@H]1CC(=O)N1CCC(OCc2ccccc2)CC1. The Bertz CT molecular complexity index is 854. The van der Waals surface area contributed by atoms with Gasteiger partial charge in [-0.2, -0.15) is 0 Å². The van der Waals surface area contributed by atoms with E-state index in [9.17, 15) is 9.59 Å². The quantitative estimate of drug-likeness (QED) is 0.739. The van der Waals surface area contributed by atoms with E-state index in [-0.39, 0.29) is 24.3 Å². The number of pyridine rings is 1. The molecule has 31 heavy (non-hydrogen) atoms. The first-order valence-electron chi connectivity index (χ1n) is 11.0. The molecule has 1 aromatic carbocycles. The van der Waals surface area contributed by atoms with Crippen LogP contribution in [-0.2, 0) is 27.5 Å². The number of carbonyl (C=O) groups excluding carboxylic acids is 2. The van der Waals surface area contributed by atoms with Crippen molar-refractivity contribution in [3.05, 3.63) is 66.0 Å². The van der Waals surface area contributed by atoms with E-state index in [0.717, 1.165) is 30.5 Å². The molecular formula is C24H30N4O3. The fourth-order valence-electron chi connectivity index (χ4n) is 4.25. The second-order valence-electron chi connectivity index (χ2n) is 8.22. The average Bonchev–Trinajstić information content (AvgIpc) is 2.81. The monoisotopic (exact) mass is 422 g/mol. The number of carbonyl (C=O) groups is 2.